The molecule has 22 heavy (non-hydrogen) atoms. The van der Waals surface area contributed by atoms with Gasteiger partial charge in [-0.25, -0.2) is 0 Å². The first-order valence-corrected chi connectivity index (χ1v) is 7.22. The highest BCUT2D eigenvalue weighted by Gasteiger charge is 2.16. The highest BCUT2D eigenvalue weighted by Crippen LogP contribution is 1.88. The van der Waals surface area contributed by atoms with Crippen molar-refractivity contribution in [2.45, 2.75) is 39.1 Å². The smallest absolute Gasteiger partial charge is 0.103 e. The number of hydrogen-bond acceptors (Lipinski definition) is 6. The summed E-state index contributed by atoms with van der Waals surface area (Å²) < 4.78 is 0. The van der Waals surface area contributed by atoms with Crippen molar-refractivity contribution in [3.8, 4) is 0 Å². The van der Waals surface area contributed by atoms with Gasteiger partial charge in [-0.1, -0.05) is 6.07 Å². The number of pyridine rings is 1. The summed E-state index contributed by atoms with van der Waals surface area (Å²) in [6.45, 7) is 6.83. The molecule has 3 atom stereocenters. The Morgan fingerprint density at radius 1 is 1.09 bits per heavy atom. The Hall–Kier alpha value is -1.54. The number of carbonyl (C=O) groups is 1. The van der Waals surface area contributed by atoms with Gasteiger partial charge in [-0.2, -0.15) is 0 Å². The lowest BCUT2D eigenvalue weighted by Gasteiger charge is -2.23. The quantitative estimate of drug-likeness (QED) is 0.440. The van der Waals surface area contributed by atoms with Crippen molar-refractivity contribution in [3.05, 3.63) is 30.1 Å². The number of quaternary nitrogens is 1. The standard InChI is InChI=1S/C9H21NO3.C6H5NO2/c1-7(11)4-10(5-8(2)12)6-9(3)13;8-6(9)5-3-1-2-4-7-5/h7-9,11-13H,4-6H2,1-3H3;1-4H,(H,8,9). The molecule has 1 aromatic rings. The van der Waals surface area contributed by atoms with Crippen LogP contribution < -0.4 is 10.0 Å². The monoisotopic (exact) mass is 314 g/mol. The minimum Gasteiger partial charge on any atom is -0.543 e. The molecule has 126 valence electrons. The summed E-state index contributed by atoms with van der Waals surface area (Å²) in [6, 6.07) is 4.62. The zero-order valence-corrected chi connectivity index (χ0v) is 13.3. The number of carboxylic acids is 1. The second kappa shape index (κ2) is 11.1. The van der Waals surface area contributed by atoms with Crippen molar-refractivity contribution in [1.29, 1.82) is 0 Å². The molecule has 0 aromatic carbocycles. The van der Waals surface area contributed by atoms with Gasteiger partial charge < -0.3 is 30.1 Å². The predicted molar refractivity (Wildman–Crippen MR) is 79.2 cm³/mol. The molecule has 7 nitrogen and oxygen atoms in total. The van der Waals surface area contributed by atoms with Gasteiger partial charge in [0.1, 0.15) is 37.9 Å². The topological polar surface area (TPSA) is 118 Å². The van der Waals surface area contributed by atoms with Crippen LogP contribution in [-0.4, -0.2) is 64.2 Å². The Bertz CT molecular complexity index is 386. The fourth-order valence-electron chi connectivity index (χ4n) is 1.99. The molecule has 3 unspecified atom stereocenters. The van der Waals surface area contributed by atoms with E-state index in [9.17, 15) is 9.90 Å². The number of carboxylic acid groups (broad SMARTS) is 1. The minimum atomic E-state index is -1.24. The number of rotatable bonds is 7. The maximum atomic E-state index is 10.0. The molecule has 0 aliphatic carbocycles. The Morgan fingerprint density at radius 2 is 1.55 bits per heavy atom. The molecule has 1 aromatic heterocycles. The Kier molecular flexibility index (Phi) is 10.3. The first-order valence-electron chi connectivity index (χ1n) is 7.22. The fourth-order valence-corrected chi connectivity index (χ4v) is 1.99. The maximum absolute atomic E-state index is 10.0. The van der Waals surface area contributed by atoms with Crippen molar-refractivity contribution in [2.75, 3.05) is 19.6 Å². The lowest BCUT2D eigenvalue weighted by Crippen LogP contribution is -3.15. The molecule has 1 rings (SSSR count). The first kappa shape index (κ1) is 20.5. The molecule has 0 bridgehead atoms. The summed E-state index contributed by atoms with van der Waals surface area (Å²) in [7, 11) is 0. The van der Waals surface area contributed by atoms with Gasteiger partial charge in [0.25, 0.3) is 0 Å². The van der Waals surface area contributed by atoms with Crippen LogP contribution in [0.5, 0.6) is 0 Å². The minimum absolute atomic E-state index is 0.0301. The van der Waals surface area contributed by atoms with Crippen molar-refractivity contribution in [3.63, 3.8) is 0 Å². The molecular weight excluding hydrogens is 288 g/mol. The Morgan fingerprint density at radius 3 is 1.77 bits per heavy atom. The molecule has 0 aliphatic heterocycles. The molecule has 0 saturated carbocycles. The summed E-state index contributed by atoms with van der Waals surface area (Å²) in [5.41, 5.74) is -0.0301. The lowest BCUT2D eigenvalue weighted by molar-refractivity contribution is -0.908. The zero-order valence-electron chi connectivity index (χ0n) is 13.3. The van der Waals surface area contributed by atoms with E-state index in [4.69, 9.17) is 15.3 Å². The maximum Gasteiger partial charge on any atom is 0.103 e. The van der Waals surface area contributed by atoms with E-state index in [1.165, 1.54) is 12.3 Å². The molecular formula is C15H26N2O5. The van der Waals surface area contributed by atoms with Gasteiger partial charge in [-0.3, -0.25) is 4.98 Å². The summed E-state index contributed by atoms with van der Waals surface area (Å²) in [6.07, 6.45) is 0.220. The second-order valence-corrected chi connectivity index (χ2v) is 5.41. The number of aliphatic hydroxyl groups excluding tert-OH is 3. The molecule has 0 spiro atoms. The van der Waals surface area contributed by atoms with Crippen molar-refractivity contribution >= 4 is 5.97 Å². The number of nitrogens with one attached hydrogen (secondary N) is 1. The van der Waals surface area contributed by atoms with Crippen LogP contribution in [-0.2, 0) is 0 Å². The van der Waals surface area contributed by atoms with Crippen LogP contribution in [0.4, 0.5) is 0 Å². The van der Waals surface area contributed by atoms with E-state index in [-0.39, 0.29) is 5.69 Å². The van der Waals surface area contributed by atoms with Crippen LogP contribution in [0.25, 0.3) is 0 Å². The Balaban J connectivity index is 0.000000425. The number of hydrogen-bond donors (Lipinski definition) is 4. The normalized spacial score (nSPS) is 15.9. The van der Waals surface area contributed by atoms with Gasteiger partial charge in [0.05, 0.1) is 11.7 Å². The number of aliphatic hydroxyl groups is 3. The van der Waals surface area contributed by atoms with E-state index >= 15 is 0 Å². The third-order valence-electron chi connectivity index (χ3n) is 2.63. The van der Waals surface area contributed by atoms with E-state index in [0.717, 1.165) is 4.90 Å². The van der Waals surface area contributed by atoms with E-state index < -0.39 is 24.3 Å². The average molecular weight is 314 g/mol. The molecule has 0 saturated heterocycles. The van der Waals surface area contributed by atoms with Gasteiger partial charge in [0, 0.05) is 6.20 Å². The van der Waals surface area contributed by atoms with Crippen LogP contribution in [0.3, 0.4) is 0 Å². The third-order valence-corrected chi connectivity index (χ3v) is 2.63. The summed E-state index contributed by atoms with van der Waals surface area (Å²) in [5, 5.41) is 37.5. The third kappa shape index (κ3) is 11.2. The molecule has 0 amide bonds. The molecule has 7 heteroatoms. The number of carbonyl (C=O) groups excluding carboxylic acids is 1. The number of nitrogens with zero attached hydrogens (tertiary/aromatic N) is 1. The molecule has 0 fully saturated rings. The Labute approximate surface area is 130 Å². The van der Waals surface area contributed by atoms with E-state index in [1.54, 1.807) is 32.9 Å². The van der Waals surface area contributed by atoms with E-state index in [2.05, 4.69) is 4.98 Å². The number of aromatic nitrogens is 1. The van der Waals surface area contributed by atoms with Crippen molar-refractivity contribution in [2.24, 2.45) is 0 Å². The zero-order chi connectivity index (χ0) is 17.1. The van der Waals surface area contributed by atoms with Crippen molar-refractivity contribution < 1.29 is 30.1 Å². The van der Waals surface area contributed by atoms with Gasteiger partial charge >= 0.3 is 0 Å². The highest BCUT2D eigenvalue weighted by atomic mass is 16.4. The van der Waals surface area contributed by atoms with Crippen LogP contribution in [0.1, 0.15) is 31.3 Å². The molecule has 4 N–H and O–H groups in total. The lowest BCUT2D eigenvalue weighted by atomic mass is 10.2. The summed E-state index contributed by atoms with van der Waals surface area (Å²) in [5.74, 6) is -1.24. The summed E-state index contributed by atoms with van der Waals surface area (Å²) in [4.78, 5) is 14.6. The van der Waals surface area contributed by atoms with Crippen LogP contribution in [0.15, 0.2) is 24.4 Å². The highest BCUT2D eigenvalue weighted by molar-refractivity contribution is 5.83. The average Bonchev–Trinajstić information content (AvgIpc) is 2.38. The van der Waals surface area contributed by atoms with Gasteiger partial charge in [-0.15, -0.1) is 0 Å². The van der Waals surface area contributed by atoms with Gasteiger partial charge in [-0.05, 0) is 32.9 Å². The van der Waals surface area contributed by atoms with Crippen LogP contribution in [0.2, 0.25) is 0 Å². The van der Waals surface area contributed by atoms with E-state index in [1.807, 2.05) is 0 Å². The predicted octanol–water partition coefficient (Wildman–Crippen LogP) is -2.54. The number of aromatic carboxylic acids is 1. The van der Waals surface area contributed by atoms with Crippen LogP contribution in [0, 0.1) is 0 Å². The summed E-state index contributed by atoms with van der Waals surface area (Å²) >= 11 is 0. The molecule has 0 radical (unpaired) electrons. The SMILES string of the molecule is CC(O)C[NH+](CC(C)O)CC(C)O.O=C([O-])c1ccccn1. The van der Waals surface area contributed by atoms with Crippen molar-refractivity contribution in [1.82, 2.24) is 4.98 Å². The van der Waals surface area contributed by atoms with E-state index in [0.29, 0.717) is 19.6 Å². The molecule has 0 aliphatic rings. The second-order valence-electron chi connectivity index (χ2n) is 5.41. The van der Waals surface area contributed by atoms with Gasteiger partial charge in [0.15, 0.2) is 0 Å². The fraction of sp³-hybridized carbons (Fsp3) is 0.600. The largest absolute Gasteiger partial charge is 0.543 e. The molecule has 1 heterocycles. The van der Waals surface area contributed by atoms with Gasteiger partial charge in [0.2, 0.25) is 0 Å². The van der Waals surface area contributed by atoms with Crippen LogP contribution >= 0.6 is 0 Å². The first-order chi connectivity index (χ1) is 10.2.